The van der Waals surface area contributed by atoms with Crippen LogP contribution in [0.3, 0.4) is 0 Å². The van der Waals surface area contributed by atoms with Crippen LogP contribution < -0.4 is 0 Å². The molecule has 1 aromatic heterocycles. The Morgan fingerprint density at radius 2 is 1.89 bits per heavy atom. The van der Waals surface area contributed by atoms with Gasteiger partial charge in [-0.3, -0.25) is 0 Å². The van der Waals surface area contributed by atoms with E-state index >= 15 is 0 Å². The molecule has 2 aromatic rings. The van der Waals surface area contributed by atoms with Crippen LogP contribution >= 0.6 is 23.2 Å². The fourth-order valence-electron chi connectivity index (χ4n) is 2.70. The van der Waals surface area contributed by atoms with Gasteiger partial charge in [0, 0.05) is 0 Å². The topological polar surface area (TPSA) is 38.0 Å². The second-order valence-corrected chi connectivity index (χ2v) is 5.64. The van der Waals surface area contributed by atoms with Crippen molar-refractivity contribution < 1.29 is 5.11 Å². The standard InChI is InChI=1S/C13H14Cl2N2O/c14-8-5-10-12(6-9(8)15)17(7-16-10)11-3-1-2-4-13(11)18/h5-7,11,13,18H,1-4H2. The minimum absolute atomic E-state index is 0.0981. The van der Waals surface area contributed by atoms with Gasteiger partial charge in [-0.1, -0.05) is 36.0 Å². The number of imidazole rings is 1. The van der Waals surface area contributed by atoms with E-state index in [1.54, 1.807) is 12.4 Å². The molecule has 1 fully saturated rings. The number of aromatic nitrogens is 2. The molecule has 1 heterocycles. The third-order valence-electron chi connectivity index (χ3n) is 3.67. The van der Waals surface area contributed by atoms with Crippen LogP contribution in [0.5, 0.6) is 0 Å². The van der Waals surface area contributed by atoms with Gasteiger partial charge in [-0.2, -0.15) is 0 Å². The molecular weight excluding hydrogens is 271 g/mol. The van der Waals surface area contributed by atoms with E-state index in [9.17, 15) is 5.11 Å². The molecule has 0 spiro atoms. The Labute approximate surface area is 115 Å². The van der Waals surface area contributed by atoms with E-state index in [0.717, 1.165) is 36.7 Å². The number of fused-ring (bicyclic) bond motifs is 1. The zero-order valence-electron chi connectivity index (χ0n) is 9.81. The molecule has 0 amide bonds. The van der Waals surface area contributed by atoms with Gasteiger partial charge in [-0.05, 0) is 25.0 Å². The van der Waals surface area contributed by atoms with Crippen molar-refractivity contribution in [3.63, 3.8) is 0 Å². The molecule has 5 heteroatoms. The molecule has 0 saturated heterocycles. The van der Waals surface area contributed by atoms with Crippen molar-refractivity contribution in [1.29, 1.82) is 0 Å². The predicted molar refractivity (Wildman–Crippen MR) is 73.3 cm³/mol. The zero-order chi connectivity index (χ0) is 12.7. The lowest BCUT2D eigenvalue weighted by Crippen LogP contribution is -2.27. The first-order valence-electron chi connectivity index (χ1n) is 6.16. The van der Waals surface area contributed by atoms with E-state index in [0.29, 0.717) is 10.0 Å². The second kappa shape index (κ2) is 4.72. The lowest BCUT2D eigenvalue weighted by molar-refractivity contribution is 0.0773. The molecule has 96 valence electrons. The van der Waals surface area contributed by atoms with Crippen molar-refractivity contribution in [2.45, 2.75) is 37.8 Å². The number of benzene rings is 1. The Morgan fingerprint density at radius 3 is 2.67 bits per heavy atom. The SMILES string of the molecule is OC1CCCCC1n1cnc2cc(Cl)c(Cl)cc21. The fourth-order valence-corrected chi connectivity index (χ4v) is 3.02. The smallest absolute Gasteiger partial charge is 0.0961 e. The third kappa shape index (κ3) is 2.00. The van der Waals surface area contributed by atoms with Gasteiger partial charge in [0.1, 0.15) is 0 Å². The van der Waals surface area contributed by atoms with Crippen LogP contribution in [-0.4, -0.2) is 20.8 Å². The molecule has 18 heavy (non-hydrogen) atoms. The number of nitrogens with zero attached hydrogens (tertiary/aromatic N) is 2. The average molecular weight is 285 g/mol. The van der Waals surface area contributed by atoms with Crippen molar-refractivity contribution in [3.05, 3.63) is 28.5 Å². The Morgan fingerprint density at radius 1 is 1.17 bits per heavy atom. The van der Waals surface area contributed by atoms with Gasteiger partial charge in [-0.15, -0.1) is 0 Å². The highest BCUT2D eigenvalue weighted by Crippen LogP contribution is 2.33. The Balaban J connectivity index is 2.09. The monoisotopic (exact) mass is 284 g/mol. The minimum atomic E-state index is -0.300. The van der Waals surface area contributed by atoms with E-state index in [-0.39, 0.29) is 12.1 Å². The summed E-state index contributed by atoms with van der Waals surface area (Å²) in [5, 5.41) is 11.2. The van der Waals surface area contributed by atoms with Crippen LogP contribution in [0.2, 0.25) is 10.0 Å². The predicted octanol–water partition coefficient (Wildman–Crippen LogP) is 3.82. The molecule has 1 aliphatic rings. The molecule has 1 aromatic carbocycles. The molecule has 0 bridgehead atoms. The largest absolute Gasteiger partial charge is 0.391 e. The molecule has 1 aliphatic carbocycles. The van der Waals surface area contributed by atoms with Gasteiger partial charge in [-0.25, -0.2) is 4.98 Å². The first kappa shape index (κ1) is 12.3. The van der Waals surface area contributed by atoms with E-state index in [4.69, 9.17) is 23.2 Å². The van der Waals surface area contributed by atoms with Gasteiger partial charge < -0.3 is 9.67 Å². The normalized spacial score (nSPS) is 24.6. The maximum atomic E-state index is 10.1. The molecule has 2 atom stereocenters. The molecule has 3 nitrogen and oxygen atoms in total. The number of halogens is 2. The lowest BCUT2D eigenvalue weighted by Gasteiger charge is -2.29. The summed E-state index contributed by atoms with van der Waals surface area (Å²) in [6.07, 6.45) is 5.54. The van der Waals surface area contributed by atoms with Crippen LogP contribution in [0.1, 0.15) is 31.7 Å². The number of hydrogen-bond donors (Lipinski definition) is 1. The second-order valence-electron chi connectivity index (χ2n) is 4.83. The average Bonchev–Trinajstić information content (AvgIpc) is 2.73. The molecule has 2 unspecified atom stereocenters. The maximum absolute atomic E-state index is 10.1. The van der Waals surface area contributed by atoms with Gasteiger partial charge in [0.05, 0.1) is 39.6 Å². The van der Waals surface area contributed by atoms with Gasteiger partial charge in [0.2, 0.25) is 0 Å². The molecule has 1 N–H and O–H groups in total. The van der Waals surface area contributed by atoms with Gasteiger partial charge in [0.25, 0.3) is 0 Å². The maximum Gasteiger partial charge on any atom is 0.0961 e. The van der Waals surface area contributed by atoms with Crippen molar-refractivity contribution in [2.75, 3.05) is 0 Å². The molecular formula is C13H14Cl2N2O. The Kier molecular flexibility index (Phi) is 3.22. The number of rotatable bonds is 1. The summed E-state index contributed by atoms with van der Waals surface area (Å²) >= 11 is 12.0. The highest BCUT2D eigenvalue weighted by molar-refractivity contribution is 6.42. The zero-order valence-corrected chi connectivity index (χ0v) is 11.3. The van der Waals surface area contributed by atoms with E-state index in [2.05, 4.69) is 4.98 Å². The fraction of sp³-hybridized carbons (Fsp3) is 0.462. The highest BCUT2D eigenvalue weighted by atomic mass is 35.5. The van der Waals surface area contributed by atoms with Crippen LogP contribution in [0, 0.1) is 0 Å². The first-order chi connectivity index (χ1) is 8.66. The first-order valence-corrected chi connectivity index (χ1v) is 6.92. The minimum Gasteiger partial charge on any atom is -0.391 e. The van der Waals surface area contributed by atoms with E-state index in [1.165, 1.54) is 0 Å². The summed E-state index contributed by atoms with van der Waals surface area (Å²) in [6.45, 7) is 0. The quantitative estimate of drug-likeness (QED) is 0.865. The van der Waals surface area contributed by atoms with Crippen molar-refractivity contribution in [2.24, 2.45) is 0 Å². The van der Waals surface area contributed by atoms with Gasteiger partial charge in [0.15, 0.2) is 0 Å². The number of aliphatic hydroxyl groups excluding tert-OH is 1. The molecule has 1 saturated carbocycles. The number of aliphatic hydroxyl groups is 1. The van der Waals surface area contributed by atoms with Crippen LogP contribution in [0.4, 0.5) is 0 Å². The highest BCUT2D eigenvalue weighted by Gasteiger charge is 2.25. The van der Waals surface area contributed by atoms with Crippen LogP contribution in [0.15, 0.2) is 18.5 Å². The van der Waals surface area contributed by atoms with E-state index < -0.39 is 0 Å². The summed E-state index contributed by atoms with van der Waals surface area (Å²) in [7, 11) is 0. The summed E-state index contributed by atoms with van der Waals surface area (Å²) in [5.41, 5.74) is 1.76. The van der Waals surface area contributed by atoms with Crippen LogP contribution in [-0.2, 0) is 0 Å². The van der Waals surface area contributed by atoms with E-state index in [1.807, 2.05) is 10.6 Å². The van der Waals surface area contributed by atoms with Crippen molar-refractivity contribution in [1.82, 2.24) is 9.55 Å². The lowest BCUT2D eigenvalue weighted by atomic mass is 9.92. The van der Waals surface area contributed by atoms with Crippen molar-refractivity contribution >= 4 is 34.2 Å². The Bertz CT molecular complexity index is 582. The summed E-state index contributed by atoms with van der Waals surface area (Å²) in [5.74, 6) is 0. The summed E-state index contributed by atoms with van der Waals surface area (Å²) in [6, 6.07) is 3.69. The molecule has 0 radical (unpaired) electrons. The third-order valence-corrected chi connectivity index (χ3v) is 4.39. The van der Waals surface area contributed by atoms with Crippen LogP contribution in [0.25, 0.3) is 11.0 Å². The van der Waals surface area contributed by atoms with Crippen molar-refractivity contribution in [3.8, 4) is 0 Å². The summed E-state index contributed by atoms with van der Waals surface area (Å²) in [4.78, 5) is 4.34. The summed E-state index contributed by atoms with van der Waals surface area (Å²) < 4.78 is 2.03. The Hall–Kier alpha value is -0.770. The molecule has 3 rings (SSSR count). The number of hydrogen-bond acceptors (Lipinski definition) is 2. The van der Waals surface area contributed by atoms with Gasteiger partial charge >= 0.3 is 0 Å². The molecule has 0 aliphatic heterocycles.